The van der Waals surface area contributed by atoms with E-state index in [9.17, 15) is 9.18 Å². The van der Waals surface area contributed by atoms with Gasteiger partial charge >= 0.3 is 0 Å². The summed E-state index contributed by atoms with van der Waals surface area (Å²) < 4.78 is 18.4. The summed E-state index contributed by atoms with van der Waals surface area (Å²) in [5.74, 6) is 0.164. The molecule has 126 valence electrons. The Balaban J connectivity index is 1.51. The van der Waals surface area contributed by atoms with Crippen molar-refractivity contribution < 1.29 is 13.9 Å². The second-order valence-electron chi connectivity index (χ2n) is 5.64. The quantitative estimate of drug-likeness (QED) is 0.616. The normalized spacial score (nSPS) is 10.4. The maximum atomic E-state index is 12.8. The summed E-state index contributed by atoms with van der Waals surface area (Å²) in [5, 5.41) is 8.22. The molecule has 0 aliphatic rings. The first-order valence-electron chi connectivity index (χ1n) is 7.97. The highest BCUT2D eigenvalue weighted by atomic mass is 19.1. The van der Waals surface area contributed by atoms with Crippen LogP contribution in [0.2, 0.25) is 0 Å². The van der Waals surface area contributed by atoms with E-state index in [1.807, 2.05) is 18.2 Å². The topological polar surface area (TPSA) is 52.1 Å². The molecule has 0 bridgehead atoms. The van der Waals surface area contributed by atoms with Gasteiger partial charge in [-0.1, -0.05) is 36.4 Å². The first kappa shape index (κ1) is 16.8. The standard InChI is InChI=1S/C20H17FN2O2/c21-18-8-5-17(6-9-18)14-25-20-12-11-19(22-23-20)10-7-15-1-3-16(13-24)4-2-15/h1-6,8-9,11-13H,7,10,14H2. The molecular formula is C20H17FN2O2. The lowest BCUT2D eigenvalue weighted by Crippen LogP contribution is -2.01. The lowest BCUT2D eigenvalue weighted by atomic mass is 10.1. The summed E-state index contributed by atoms with van der Waals surface area (Å²) in [7, 11) is 0. The van der Waals surface area contributed by atoms with Crippen molar-refractivity contribution >= 4 is 6.29 Å². The number of carbonyl (C=O) groups excluding carboxylic acids is 1. The van der Waals surface area contributed by atoms with Crippen molar-refractivity contribution in [3.05, 3.63) is 88.9 Å². The second kappa shape index (κ2) is 8.15. The Kier molecular flexibility index (Phi) is 5.46. The fraction of sp³-hybridized carbons (Fsp3) is 0.150. The molecule has 0 fully saturated rings. The van der Waals surface area contributed by atoms with Crippen LogP contribution in [0.25, 0.3) is 0 Å². The van der Waals surface area contributed by atoms with Crippen molar-refractivity contribution in [2.24, 2.45) is 0 Å². The third-order valence-electron chi connectivity index (χ3n) is 3.78. The minimum atomic E-state index is -0.270. The lowest BCUT2D eigenvalue weighted by Gasteiger charge is -2.06. The van der Waals surface area contributed by atoms with Gasteiger partial charge in [-0.15, -0.1) is 5.10 Å². The molecular weight excluding hydrogens is 319 g/mol. The van der Waals surface area contributed by atoms with Gasteiger partial charge in [0, 0.05) is 11.6 Å². The van der Waals surface area contributed by atoms with E-state index in [1.165, 1.54) is 12.1 Å². The average Bonchev–Trinajstić information content (AvgIpc) is 2.67. The first-order chi connectivity index (χ1) is 12.2. The van der Waals surface area contributed by atoms with Crippen LogP contribution in [0.3, 0.4) is 0 Å². The monoisotopic (exact) mass is 336 g/mol. The van der Waals surface area contributed by atoms with Crippen LogP contribution in [0.4, 0.5) is 4.39 Å². The van der Waals surface area contributed by atoms with Crippen LogP contribution in [-0.4, -0.2) is 16.5 Å². The van der Waals surface area contributed by atoms with Crippen molar-refractivity contribution in [1.82, 2.24) is 10.2 Å². The van der Waals surface area contributed by atoms with Crippen molar-refractivity contribution in [2.45, 2.75) is 19.4 Å². The van der Waals surface area contributed by atoms with Gasteiger partial charge in [0.1, 0.15) is 18.7 Å². The summed E-state index contributed by atoms with van der Waals surface area (Å²) in [6.07, 6.45) is 2.41. The molecule has 1 aromatic heterocycles. The van der Waals surface area contributed by atoms with Crippen LogP contribution < -0.4 is 4.74 Å². The number of aromatic nitrogens is 2. The van der Waals surface area contributed by atoms with Crippen LogP contribution in [-0.2, 0) is 19.4 Å². The summed E-state index contributed by atoms with van der Waals surface area (Å²) >= 11 is 0. The summed E-state index contributed by atoms with van der Waals surface area (Å²) in [4.78, 5) is 10.6. The van der Waals surface area contributed by atoms with Crippen LogP contribution in [0.15, 0.2) is 60.7 Å². The SMILES string of the molecule is O=Cc1ccc(CCc2ccc(OCc3ccc(F)cc3)nn2)cc1. The van der Waals surface area contributed by atoms with E-state index in [4.69, 9.17) is 4.74 Å². The van der Waals surface area contributed by atoms with E-state index >= 15 is 0 Å². The largest absolute Gasteiger partial charge is 0.472 e. The van der Waals surface area contributed by atoms with Crippen LogP contribution in [0, 0.1) is 5.82 Å². The number of halogens is 1. The minimum Gasteiger partial charge on any atom is -0.472 e. The van der Waals surface area contributed by atoms with Gasteiger partial charge in [0.2, 0.25) is 5.88 Å². The molecule has 4 nitrogen and oxygen atoms in total. The Morgan fingerprint density at radius 3 is 2.20 bits per heavy atom. The van der Waals surface area contributed by atoms with Gasteiger partial charge in [-0.3, -0.25) is 4.79 Å². The van der Waals surface area contributed by atoms with Crippen molar-refractivity contribution in [3.8, 4) is 5.88 Å². The molecule has 5 heteroatoms. The molecule has 0 aliphatic heterocycles. The number of carbonyl (C=O) groups is 1. The first-order valence-corrected chi connectivity index (χ1v) is 7.97. The summed E-state index contributed by atoms with van der Waals surface area (Å²) in [6.45, 7) is 0.317. The number of hydrogen-bond donors (Lipinski definition) is 0. The van der Waals surface area contributed by atoms with E-state index in [0.29, 0.717) is 18.1 Å². The predicted molar refractivity (Wildman–Crippen MR) is 92.0 cm³/mol. The molecule has 0 atom stereocenters. The molecule has 0 saturated heterocycles. The molecule has 0 aliphatic carbocycles. The fourth-order valence-electron chi connectivity index (χ4n) is 2.33. The highest BCUT2D eigenvalue weighted by Crippen LogP contribution is 2.11. The van der Waals surface area contributed by atoms with E-state index in [2.05, 4.69) is 10.2 Å². The van der Waals surface area contributed by atoms with Crippen molar-refractivity contribution in [1.29, 1.82) is 0 Å². The molecule has 0 spiro atoms. The maximum Gasteiger partial charge on any atom is 0.233 e. The Labute approximate surface area is 145 Å². The van der Waals surface area contributed by atoms with Crippen LogP contribution >= 0.6 is 0 Å². The fourth-order valence-corrected chi connectivity index (χ4v) is 2.33. The summed E-state index contributed by atoms with van der Waals surface area (Å²) in [5.41, 5.74) is 3.55. The van der Waals surface area contributed by atoms with Crippen LogP contribution in [0.5, 0.6) is 5.88 Å². The maximum absolute atomic E-state index is 12.8. The van der Waals surface area contributed by atoms with Crippen molar-refractivity contribution in [3.63, 3.8) is 0 Å². The number of rotatable bonds is 7. The van der Waals surface area contributed by atoms with Crippen LogP contribution in [0.1, 0.15) is 27.2 Å². The molecule has 0 unspecified atom stereocenters. The van der Waals surface area contributed by atoms with Gasteiger partial charge in [-0.2, -0.15) is 5.10 Å². The molecule has 0 saturated carbocycles. The second-order valence-corrected chi connectivity index (χ2v) is 5.64. The Hall–Kier alpha value is -3.08. The Morgan fingerprint density at radius 1 is 0.840 bits per heavy atom. The van der Waals surface area contributed by atoms with Gasteiger partial charge in [0.15, 0.2) is 0 Å². The number of aldehydes is 1. The number of ether oxygens (including phenoxy) is 1. The third-order valence-corrected chi connectivity index (χ3v) is 3.78. The zero-order valence-electron chi connectivity index (χ0n) is 13.6. The van der Waals surface area contributed by atoms with Gasteiger partial charge < -0.3 is 4.74 Å². The molecule has 2 aromatic carbocycles. The minimum absolute atomic E-state index is 0.270. The Bertz CT molecular complexity index is 816. The zero-order chi connectivity index (χ0) is 17.5. The van der Waals surface area contributed by atoms with E-state index in [-0.39, 0.29) is 5.82 Å². The molecule has 3 rings (SSSR count). The molecule has 25 heavy (non-hydrogen) atoms. The molecule has 3 aromatic rings. The average molecular weight is 336 g/mol. The highest BCUT2D eigenvalue weighted by Gasteiger charge is 2.02. The number of aryl methyl sites for hydroxylation is 2. The molecule has 0 amide bonds. The number of benzene rings is 2. The third kappa shape index (κ3) is 4.94. The highest BCUT2D eigenvalue weighted by molar-refractivity contribution is 5.74. The van der Waals surface area contributed by atoms with Gasteiger partial charge in [0.05, 0.1) is 5.69 Å². The van der Waals surface area contributed by atoms with E-state index < -0.39 is 0 Å². The molecule has 0 N–H and O–H groups in total. The van der Waals surface area contributed by atoms with Gasteiger partial charge in [0.25, 0.3) is 0 Å². The smallest absolute Gasteiger partial charge is 0.233 e. The number of hydrogen-bond acceptors (Lipinski definition) is 4. The predicted octanol–water partition coefficient (Wildman–Crippen LogP) is 3.79. The van der Waals surface area contributed by atoms with Gasteiger partial charge in [-0.05, 0) is 42.2 Å². The molecule has 1 heterocycles. The zero-order valence-corrected chi connectivity index (χ0v) is 13.6. The molecule has 0 radical (unpaired) electrons. The Morgan fingerprint density at radius 2 is 1.56 bits per heavy atom. The van der Waals surface area contributed by atoms with Gasteiger partial charge in [-0.25, -0.2) is 4.39 Å². The van der Waals surface area contributed by atoms with Crippen molar-refractivity contribution in [2.75, 3.05) is 0 Å². The lowest BCUT2D eigenvalue weighted by molar-refractivity contribution is 0.112. The summed E-state index contributed by atoms with van der Waals surface area (Å²) in [6, 6.07) is 17.3. The number of nitrogens with zero attached hydrogens (tertiary/aromatic N) is 2. The van der Waals surface area contributed by atoms with E-state index in [1.54, 1.807) is 30.3 Å². The van der Waals surface area contributed by atoms with E-state index in [0.717, 1.165) is 35.9 Å².